The summed E-state index contributed by atoms with van der Waals surface area (Å²) in [5.41, 5.74) is 8.48. The molecule has 2 atom stereocenters. The molecule has 1 aliphatic heterocycles. The average molecular weight is 536 g/mol. The number of nitrogens with zero attached hydrogens (tertiary/aromatic N) is 5. The Kier molecular flexibility index (Phi) is 6.35. The first-order valence-corrected chi connectivity index (χ1v) is 13.7. The first-order valence-electron chi connectivity index (χ1n) is 13.7. The van der Waals surface area contributed by atoms with Gasteiger partial charge >= 0.3 is 5.97 Å². The van der Waals surface area contributed by atoms with Crippen molar-refractivity contribution in [3.8, 4) is 11.8 Å². The number of nitriles is 1. The van der Waals surface area contributed by atoms with Crippen LogP contribution in [0, 0.1) is 18.3 Å². The molecule has 1 aromatic heterocycles. The molecule has 0 amide bonds. The number of carbonyl (C=O) groups is 1. The maximum atomic E-state index is 12.1. The number of hydrogen-bond acceptors (Lipinski definition) is 6. The molecule has 1 aliphatic carbocycles. The number of hydrogen-bond donors (Lipinski definition) is 1. The lowest BCUT2D eigenvalue weighted by Gasteiger charge is -2.34. The summed E-state index contributed by atoms with van der Waals surface area (Å²) in [7, 11) is 1.86. The van der Waals surface area contributed by atoms with Crippen LogP contribution in [0.1, 0.15) is 77.6 Å². The van der Waals surface area contributed by atoms with E-state index in [9.17, 15) is 15.2 Å². The Balaban J connectivity index is 1.39. The summed E-state index contributed by atoms with van der Waals surface area (Å²) < 4.78 is 8.15. The largest absolute Gasteiger partial charge is 0.486 e. The van der Waals surface area contributed by atoms with Gasteiger partial charge in [0.2, 0.25) is 0 Å². The Morgan fingerprint density at radius 2 is 2.00 bits per heavy atom. The molecule has 1 N–H and O–H groups in total. The van der Waals surface area contributed by atoms with Crippen molar-refractivity contribution < 1.29 is 14.6 Å². The van der Waals surface area contributed by atoms with Crippen molar-refractivity contribution in [2.75, 3.05) is 6.54 Å². The molecule has 0 bridgehead atoms. The van der Waals surface area contributed by atoms with E-state index in [1.54, 1.807) is 4.68 Å². The average Bonchev–Trinajstić information content (AvgIpc) is 3.47. The monoisotopic (exact) mass is 535 g/mol. The number of fused-ring (bicyclic) bond motifs is 3. The maximum Gasteiger partial charge on any atom is 0.304 e. The van der Waals surface area contributed by atoms with Gasteiger partial charge in [0.1, 0.15) is 16.9 Å². The molecule has 0 spiro atoms. The Hall–Kier alpha value is -4.22. The molecule has 2 aliphatic rings. The molecule has 2 heterocycles. The number of aromatic nitrogens is 3. The van der Waals surface area contributed by atoms with Gasteiger partial charge in [-0.05, 0) is 79.6 Å². The summed E-state index contributed by atoms with van der Waals surface area (Å²) in [4.78, 5) is 14.6. The van der Waals surface area contributed by atoms with E-state index >= 15 is 0 Å². The van der Waals surface area contributed by atoms with Gasteiger partial charge < -0.3 is 9.84 Å². The minimum absolute atomic E-state index is 0.00471. The van der Waals surface area contributed by atoms with Crippen LogP contribution in [-0.2, 0) is 24.8 Å². The zero-order chi connectivity index (χ0) is 28.2. The highest BCUT2D eigenvalue weighted by Crippen LogP contribution is 2.43. The van der Waals surface area contributed by atoms with E-state index in [4.69, 9.17) is 4.74 Å². The van der Waals surface area contributed by atoms with Gasteiger partial charge in [-0.1, -0.05) is 35.5 Å². The third-order valence-electron chi connectivity index (χ3n) is 8.43. The second kappa shape index (κ2) is 9.76. The number of carboxylic acid groups (broad SMARTS) is 1. The highest BCUT2D eigenvalue weighted by molar-refractivity contribution is 5.80. The molecule has 6 rings (SSSR count). The summed E-state index contributed by atoms with van der Waals surface area (Å²) in [6.07, 6.45) is 1.97. The number of rotatable bonds is 5. The van der Waals surface area contributed by atoms with Crippen LogP contribution in [-0.4, -0.2) is 43.1 Å². The molecule has 40 heavy (non-hydrogen) atoms. The van der Waals surface area contributed by atoms with Crippen LogP contribution in [0.4, 0.5) is 0 Å². The first kappa shape index (κ1) is 26.0. The molecule has 8 nitrogen and oxygen atoms in total. The zero-order valence-corrected chi connectivity index (χ0v) is 23.3. The SMILES string of the molecule is Cc1c(C(CC(=O)O)c2ccc3c(c2)C(N2Cc4ccc(C#N)cc4OC(C)(C)C2)CC3)ccc2c1nnn2C. The first-order chi connectivity index (χ1) is 19.1. The van der Waals surface area contributed by atoms with Gasteiger partial charge in [0.05, 0.1) is 23.6 Å². The molecule has 2 unspecified atom stereocenters. The van der Waals surface area contributed by atoms with Gasteiger partial charge in [-0.15, -0.1) is 5.10 Å². The lowest BCUT2D eigenvalue weighted by atomic mass is 9.84. The Labute approximate surface area is 233 Å². The van der Waals surface area contributed by atoms with Crippen molar-refractivity contribution in [2.45, 2.75) is 64.1 Å². The van der Waals surface area contributed by atoms with Gasteiger partial charge in [-0.25, -0.2) is 4.68 Å². The van der Waals surface area contributed by atoms with Crippen LogP contribution in [0.15, 0.2) is 48.5 Å². The molecule has 4 aromatic rings. The zero-order valence-electron chi connectivity index (χ0n) is 23.3. The predicted molar refractivity (Wildman–Crippen MR) is 151 cm³/mol. The topological polar surface area (TPSA) is 104 Å². The molecule has 3 aromatic carbocycles. The number of aryl methyl sites for hydroxylation is 3. The van der Waals surface area contributed by atoms with Crippen LogP contribution < -0.4 is 4.74 Å². The van der Waals surface area contributed by atoms with Gasteiger partial charge in [-0.3, -0.25) is 9.69 Å². The van der Waals surface area contributed by atoms with Crippen molar-refractivity contribution in [3.05, 3.63) is 87.5 Å². The highest BCUT2D eigenvalue weighted by atomic mass is 16.5. The van der Waals surface area contributed by atoms with Crippen molar-refractivity contribution in [1.82, 2.24) is 19.9 Å². The maximum absolute atomic E-state index is 12.1. The van der Waals surface area contributed by atoms with E-state index < -0.39 is 11.6 Å². The van der Waals surface area contributed by atoms with E-state index in [2.05, 4.69) is 53.3 Å². The number of ether oxygens (including phenoxy) is 1. The second-order valence-electron chi connectivity index (χ2n) is 11.7. The van der Waals surface area contributed by atoms with Gasteiger partial charge in [0.25, 0.3) is 0 Å². The lowest BCUT2D eigenvalue weighted by Crippen LogP contribution is -2.41. The highest BCUT2D eigenvalue weighted by Gasteiger charge is 2.36. The normalized spacial score (nSPS) is 18.8. The molecule has 0 saturated carbocycles. The molecular weight excluding hydrogens is 502 g/mol. The van der Waals surface area contributed by atoms with Crippen LogP contribution in [0.25, 0.3) is 11.0 Å². The summed E-state index contributed by atoms with van der Waals surface area (Å²) in [6.45, 7) is 7.65. The summed E-state index contributed by atoms with van der Waals surface area (Å²) in [5.74, 6) is -0.361. The molecule has 0 saturated heterocycles. The molecule has 0 radical (unpaired) electrons. The van der Waals surface area contributed by atoms with E-state index in [1.165, 1.54) is 11.1 Å². The van der Waals surface area contributed by atoms with Gasteiger partial charge in [0.15, 0.2) is 0 Å². The predicted octanol–water partition coefficient (Wildman–Crippen LogP) is 5.42. The lowest BCUT2D eigenvalue weighted by molar-refractivity contribution is -0.137. The Morgan fingerprint density at radius 1 is 1.20 bits per heavy atom. The third-order valence-corrected chi connectivity index (χ3v) is 8.43. The number of benzene rings is 3. The van der Waals surface area contributed by atoms with E-state index in [1.807, 2.05) is 44.3 Å². The minimum Gasteiger partial charge on any atom is -0.486 e. The van der Waals surface area contributed by atoms with Crippen LogP contribution in [0.3, 0.4) is 0 Å². The minimum atomic E-state index is -0.833. The van der Waals surface area contributed by atoms with E-state index in [-0.39, 0.29) is 18.4 Å². The van der Waals surface area contributed by atoms with Crippen LogP contribution in [0.2, 0.25) is 0 Å². The fourth-order valence-corrected chi connectivity index (χ4v) is 6.57. The summed E-state index contributed by atoms with van der Waals surface area (Å²) >= 11 is 0. The fourth-order valence-electron chi connectivity index (χ4n) is 6.57. The molecular formula is C32H33N5O3. The quantitative estimate of drug-likeness (QED) is 0.364. The van der Waals surface area contributed by atoms with Crippen molar-refractivity contribution in [3.63, 3.8) is 0 Å². The van der Waals surface area contributed by atoms with Crippen LogP contribution in [0.5, 0.6) is 5.75 Å². The standard InChI is InChI=1S/C32H33N5O3/c1-19-24(10-12-28-31(19)34-35-36(28)4)25(15-30(38)39)22-8-7-21-9-11-27(26(21)14-22)37-17-23-6-5-20(16-33)13-29(23)40-32(2,3)18-37/h5-8,10,12-14,25,27H,9,11,15,17-18H2,1-4H3,(H,38,39). The third kappa shape index (κ3) is 4.61. The fraction of sp³-hybridized carbons (Fsp3) is 0.375. The van der Waals surface area contributed by atoms with E-state index in [0.29, 0.717) is 5.56 Å². The van der Waals surface area contributed by atoms with Crippen LogP contribution >= 0.6 is 0 Å². The number of aliphatic carboxylic acids is 1. The molecule has 204 valence electrons. The summed E-state index contributed by atoms with van der Waals surface area (Å²) in [6, 6.07) is 18.6. The Morgan fingerprint density at radius 3 is 2.77 bits per heavy atom. The number of carboxylic acids is 1. The van der Waals surface area contributed by atoms with Crippen molar-refractivity contribution in [1.29, 1.82) is 5.26 Å². The van der Waals surface area contributed by atoms with Gasteiger partial charge in [0, 0.05) is 37.7 Å². The van der Waals surface area contributed by atoms with Crippen molar-refractivity contribution in [2.24, 2.45) is 7.05 Å². The summed E-state index contributed by atoms with van der Waals surface area (Å²) in [5, 5.41) is 27.8. The molecule has 0 fully saturated rings. The second-order valence-corrected chi connectivity index (χ2v) is 11.7. The van der Waals surface area contributed by atoms with Gasteiger partial charge in [-0.2, -0.15) is 5.26 Å². The van der Waals surface area contributed by atoms with E-state index in [0.717, 1.165) is 65.0 Å². The van der Waals surface area contributed by atoms with Crippen molar-refractivity contribution >= 4 is 17.0 Å². The Bertz CT molecular complexity index is 1680. The smallest absolute Gasteiger partial charge is 0.304 e. The molecule has 8 heteroatoms.